The molecule has 2 aromatic carbocycles. The maximum atomic E-state index is 12.2. The second-order valence-electron chi connectivity index (χ2n) is 5.45. The van der Waals surface area contributed by atoms with Gasteiger partial charge in [0.25, 0.3) is 0 Å². The molecule has 0 aromatic heterocycles. The number of benzene rings is 2. The molecule has 3 rings (SSSR count). The number of para-hydroxylation sites is 1. The van der Waals surface area contributed by atoms with Crippen LogP contribution in [-0.4, -0.2) is 37.1 Å². The van der Waals surface area contributed by atoms with Crippen LogP contribution in [0.15, 0.2) is 54.6 Å². The maximum absolute atomic E-state index is 12.2. The number of rotatable bonds is 3. The average Bonchev–Trinajstić information content (AvgIpc) is 2.46. The van der Waals surface area contributed by atoms with Crippen molar-refractivity contribution in [3.8, 4) is 0 Å². The molecule has 1 aliphatic rings. The van der Waals surface area contributed by atoms with Crippen LogP contribution in [0.4, 0.5) is 16.2 Å². The van der Waals surface area contributed by atoms with Crippen molar-refractivity contribution in [1.29, 1.82) is 0 Å². The maximum Gasteiger partial charge on any atom is 0.321 e. The highest BCUT2D eigenvalue weighted by atomic mass is 35.5. The minimum atomic E-state index is -0.0834. The number of likely N-dealkylation sites (N-methyl/N-ethyl adjacent to an activating group) is 1. The highest BCUT2D eigenvalue weighted by Gasteiger charge is 2.33. The van der Waals surface area contributed by atoms with Crippen molar-refractivity contribution in [2.75, 3.05) is 30.4 Å². The van der Waals surface area contributed by atoms with Crippen LogP contribution in [0.3, 0.4) is 0 Å². The fourth-order valence-corrected chi connectivity index (χ4v) is 2.70. The van der Waals surface area contributed by atoms with Gasteiger partial charge in [0.05, 0.1) is 6.04 Å². The monoisotopic (exact) mass is 315 g/mol. The van der Waals surface area contributed by atoms with Gasteiger partial charge in [-0.05, 0) is 30.3 Å². The number of urea groups is 1. The number of nitrogens with one attached hydrogen (secondary N) is 1. The third kappa shape index (κ3) is 3.17. The standard InChI is InChI=1S/C17H18ClN3O/c1-20(15-8-3-2-4-9-15)16-11-21(12-16)17(22)19-14-7-5-6-13(18)10-14/h2-10,16H,11-12H2,1H3,(H,19,22). The zero-order chi connectivity index (χ0) is 15.5. The molecule has 0 saturated carbocycles. The number of hydrogen-bond donors (Lipinski definition) is 1. The Bertz CT molecular complexity index is 656. The third-order valence-corrected chi connectivity index (χ3v) is 4.17. The van der Waals surface area contributed by atoms with E-state index in [4.69, 9.17) is 11.6 Å². The van der Waals surface area contributed by atoms with Gasteiger partial charge in [0.1, 0.15) is 0 Å². The van der Waals surface area contributed by atoms with Gasteiger partial charge in [-0.25, -0.2) is 4.79 Å². The van der Waals surface area contributed by atoms with Gasteiger partial charge in [0.2, 0.25) is 0 Å². The summed E-state index contributed by atoms with van der Waals surface area (Å²) in [6.07, 6.45) is 0. The van der Waals surface area contributed by atoms with E-state index < -0.39 is 0 Å². The van der Waals surface area contributed by atoms with Crippen LogP contribution in [0.25, 0.3) is 0 Å². The number of nitrogens with zero attached hydrogens (tertiary/aromatic N) is 2. The van der Waals surface area contributed by atoms with Crippen LogP contribution >= 0.6 is 11.6 Å². The molecule has 0 atom stereocenters. The van der Waals surface area contributed by atoms with E-state index in [0.29, 0.717) is 11.1 Å². The largest absolute Gasteiger partial charge is 0.368 e. The zero-order valence-corrected chi connectivity index (χ0v) is 13.1. The molecule has 114 valence electrons. The van der Waals surface area contributed by atoms with Crippen molar-refractivity contribution >= 4 is 29.0 Å². The van der Waals surface area contributed by atoms with Crippen LogP contribution in [-0.2, 0) is 0 Å². The van der Waals surface area contributed by atoms with Crippen LogP contribution in [0.5, 0.6) is 0 Å². The van der Waals surface area contributed by atoms with Crippen molar-refractivity contribution in [2.24, 2.45) is 0 Å². The fourth-order valence-electron chi connectivity index (χ4n) is 2.51. The lowest BCUT2D eigenvalue weighted by molar-refractivity contribution is 0.163. The molecule has 1 aliphatic heterocycles. The second kappa shape index (κ2) is 6.28. The second-order valence-corrected chi connectivity index (χ2v) is 5.88. The van der Waals surface area contributed by atoms with Gasteiger partial charge in [-0.1, -0.05) is 35.9 Å². The lowest BCUT2D eigenvalue weighted by Gasteiger charge is -2.44. The van der Waals surface area contributed by atoms with Crippen molar-refractivity contribution in [2.45, 2.75) is 6.04 Å². The lowest BCUT2D eigenvalue weighted by atomic mass is 10.1. The van der Waals surface area contributed by atoms with E-state index in [2.05, 4.69) is 29.4 Å². The predicted molar refractivity (Wildman–Crippen MR) is 90.7 cm³/mol. The average molecular weight is 316 g/mol. The molecule has 2 amide bonds. The molecule has 1 saturated heterocycles. The first-order valence-corrected chi connectivity index (χ1v) is 7.60. The first-order valence-electron chi connectivity index (χ1n) is 7.23. The number of anilines is 2. The number of likely N-dealkylation sites (tertiary alicyclic amines) is 1. The van der Waals surface area contributed by atoms with Gasteiger partial charge >= 0.3 is 6.03 Å². The summed E-state index contributed by atoms with van der Waals surface area (Å²) in [4.78, 5) is 16.2. The van der Waals surface area contributed by atoms with Gasteiger partial charge in [-0.2, -0.15) is 0 Å². The molecule has 0 aliphatic carbocycles. The van der Waals surface area contributed by atoms with E-state index in [0.717, 1.165) is 18.8 Å². The predicted octanol–water partition coefficient (Wildman–Crippen LogP) is 3.69. The summed E-state index contributed by atoms with van der Waals surface area (Å²) in [5.74, 6) is 0. The number of hydrogen-bond acceptors (Lipinski definition) is 2. The normalized spacial score (nSPS) is 14.4. The topological polar surface area (TPSA) is 35.6 Å². The van der Waals surface area contributed by atoms with Crippen molar-refractivity contribution in [3.05, 3.63) is 59.6 Å². The van der Waals surface area contributed by atoms with E-state index in [9.17, 15) is 4.79 Å². The van der Waals surface area contributed by atoms with Crippen LogP contribution < -0.4 is 10.2 Å². The molecule has 0 radical (unpaired) electrons. The highest BCUT2D eigenvalue weighted by Crippen LogP contribution is 2.22. The Hall–Kier alpha value is -2.20. The molecule has 2 aromatic rings. The van der Waals surface area contributed by atoms with Crippen molar-refractivity contribution in [3.63, 3.8) is 0 Å². The van der Waals surface area contributed by atoms with Gasteiger partial charge in [0, 0.05) is 36.5 Å². The summed E-state index contributed by atoms with van der Waals surface area (Å²) in [5.41, 5.74) is 1.89. The first kappa shape index (κ1) is 14.7. The lowest BCUT2D eigenvalue weighted by Crippen LogP contribution is -2.61. The molecular weight excluding hydrogens is 298 g/mol. The van der Waals surface area contributed by atoms with Crippen molar-refractivity contribution < 1.29 is 4.79 Å². The summed E-state index contributed by atoms with van der Waals surface area (Å²) in [6, 6.07) is 17.6. The van der Waals surface area contributed by atoms with Gasteiger partial charge in [0.15, 0.2) is 0 Å². The van der Waals surface area contributed by atoms with E-state index in [-0.39, 0.29) is 6.03 Å². The Morgan fingerprint density at radius 3 is 2.59 bits per heavy atom. The Morgan fingerprint density at radius 2 is 1.91 bits per heavy atom. The summed E-state index contributed by atoms with van der Waals surface area (Å²) < 4.78 is 0. The number of amides is 2. The Balaban J connectivity index is 1.53. The number of carbonyl (C=O) groups excluding carboxylic acids is 1. The van der Waals surface area contributed by atoms with Gasteiger partial charge in [-0.3, -0.25) is 0 Å². The Labute approximate surface area is 135 Å². The zero-order valence-electron chi connectivity index (χ0n) is 12.4. The molecule has 0 unspecified atom stereocenters. The van der Waals surface area contributed by atoms with Gasteiger partial charge in [-0.15, -0.1) is 0 Å². The smallest absolute Gasteiger partial charge is 0.321 e. The summed E-state index contributed by atoms with van der Waals surface area (Å²) in [5, 5.41) is 3.48. The highest BCUT2D eigenvalue weighted by molar-refractivity contribution is 6.30. The molecule has 5 heteroatoms. The number of halogens is 1. The van der Waals surface area contributed by atoms with Crippen LogP contribution in [0, 0.1) is 0 Å². The Morgan fingerprint density at radius 1 is 1.18 bits per heavy atom. The molecule has 4 nitrogen and oxygen atoms in total. The minimum absolute atomic E-state index is 0.0834. The molecule has 22 heavy (non-hydrogen) atoms. The SMILES string of the molecule is CN(c1ccccc1)C1CN(C(=O)Nc2cccc(Cl)c2)C1. The van der Waals surface area contributed by atoms with E-state index >= 15 is 0 Å². The summed E-state index contributed by atoms with van der Waals surface area (Å²) >= 11 is 5.92. The molecule has 1 N–H and O–H groups in total. The van der Waals surface area contributed by atoms with Gasteiger partial charge < -0.3 is 15.1 Å². The Kier molecular flexibility index (Phi) is 4.20. The van der Waals surface area contributed by atoms with E-state index in [1.807, 2.05) is 30.3 Å². The molecule has 1 fully saturated rings. The van der Waals surface area contributed by atoms with Crippen molar-refractivity contribution in [1.82, 2.24) is 4.90 Å². The van der Waals surface area contributed by atoms with Crippen LogP contribution in [0.1, 0.15) is 0 Å². The summed E-state index contributed by atoms with van der Waals surface area (Å²) in [6.45, 7) is 1.44. The molecule has 0 bridgehead atoms. The summed E-state index contributed by atoms with van der Waals surface area (Å²) in [7, 11) is 2.06. The van der Waals surface area contributed by atoms with E-state index in [1.54, 1.807) is 17.0 Å². The molecule has 1 heterocycles. The minimum Gasteiger partial charge on any atom is -0.368 e. The first-order chi connectivity index (χ1) is 10.6. The third-order valence-electron chi connectivity index (χ3n) is 3.94. The van der Waals surface area contributed by atoms with Crippen LogP contribution in [0.2, 0.25) is 5.02 Å². The fraction of sp³-hybridized carbons (Fsp3) is 0.235. The quantitative estimate of drug-likeness (QED) is 0.937. The molecular formula is C17H18ClN3O. The molecule has 0 spiro atoms. The van der Waals surface area contributed by atoms with E-state index in [1.165, 1.54) is 5.69 Å². The number of carbonyl (C=O) groups is 1.